The number of aryl methyl sites for hydroxylation is 1. The first kappa shape index (κ1) is 24.2. The van der Waals surface area contributed by atoms with Crippen molar-refractivity contribution in [3.8, 4) is 0 Å². The summed E-state index contributed by atoms with van der Waals surface area (Å²) in [5.41, 5.74) is 3.34. The zero-order valence-electron chi connectivity index (χ0n) is 20.0. The van der Waals surface area contributed by atoms with Crippen LogP contribution in [0.5, 0.6) is 0 Å². The Labute approximate surface area is 202 Å². The number of nitrogens with one attached hydrogen (secondary N) is 1. The van der Waals surface area contributed by atoms with Crippen molar-refractivity contribution in [2.75, 3.05) is 45.9 Å². The van der Waals surface area contributed by atoms with Gasteiger partial charge in [0.2, 0.25) is 11.8 Å². The summed E-state index contributed by atoms with van der Waals surface area (Å²) in [6.07, 6.45) is 4.86. The third kappa shape index (κ3) is 6.78. The van der Waals surface area contributed by atoms with Gasteiger partial charge in [-0.2, -0.15) is 0 Å². The molecule has 4 rings (SSSR count). The van der Waals surface area contributed by atoms with Crippen LogP contribution in [0.15, 0.2) is 60.7 Å². The highest BCUT2D eigenvalue weighted by atomic mass is 16.5. The number of nitrogens with zero attached hydrogens (tertiary/aromatic N) is 2. The van der Waals surface area contributed by atoms with Crippen LogP contribution in [-0.4, -0.2) is 67.6 Å². The van der Waals surface area contributed by atoms with Crippen LogP contribution in [0.2, 0.25) is 0 Å². The number of hydrogen-bond donors (Lipinski definition) is 1. The van der Waals surface area contributed by atoms with E-state index in [4.69, 9.17) is 4.74 Å². The molecule has 2 saturated heterocycles. The largest absolute Gasteiger partial charge is 0.379 e. The molecular formula is C28H35N3O3. The Kier molecular flexibility index (Phi) is 8.50. The van der Waals surface area contributed by atoms with Gasteiger partial charge in [0.1, 0.15) is 0 Å². The van der Waals surface area contributed by atoms with E-state index in [1.165, 1.54) is 5.56 Å². The molecule has 2 heterocycles. The number of piperidine rings is 1. The fourth-order valence-corrected chi connectivity index (χ4v) is 4.56. The van der Waals surface area contributed by atoms with Crippen molar-refractivity contribution in [2.24, 2.45) is 5.92 Å². The molecule has 0 bridgehead atoms. The van der Waals surface area contributed by atoms with E-state index in [9.17, 15) is 9.59 Å². The number of carbonyl (C=O) groups excluding carboxylic acids is 2. The van der Waals surface area contributed by atoms with Gasteiger partial charge in [0.25, 0.3) is 0 Å². The molecule has 0 aliphatic carbocycles. The SMILES string of the molecule is Cc1ccc(C(CN2CCOCC2)NC(=O)C2CCN(C(=O)C=Cc3ccccc3)CC2)cc1. The van der Waals surface area contributed by atoms with Crippen LogP contribution >= 0.6 is 0 Å². The molecule has 6 heteroatoms. The zero-order valence-corrected chi connectivity index (χ0v) is 20.0. The average molecular weight is 462 g/mol. The highest BCUT2D eigenvalue weighted by Crippen LogP contribution is 2.22. The van der Waals surface area contributed by atoms with Crippen LogP contribution in [-0.2, 0) is 14.3 Å². The molecule has 34 heavy (non-hydrogen) atoms. The Morgan fingerprint density at radius 3 is 2.35 bits per heavy atom. The van der Waals surface area contributed by atoms with Crippen molar-refractivity contribution in [3.63, 3.8) is 0 Å². The minimum atomic E-state index is -0.0696. The number of likely N-dealkylation sites (tertiary alicyclic amines) is 1. The Balaban J connectivity index is 1.32. The minimum absolute atomic E-state index is 0.00700. The Morgan fingerprint density at radius 1 is 1.00 bits per heavy atom. The first-order chi connectivity index (χ1) is 16.6. The molecule has 0 saturated carbocycles. The summed E-state index contributed by atoms with van der Waals surface area (Å²) in [4.78, 5) is 30.0. The Morgan fingerprint density at radius 2 is 1.68 bits per heavy atom. The van der Waals surface area contributed by atoms with Gasteiger partial charge in [0.15, 0.2) is 0 Å². The maximum absolute atomic E-state index is 13.2. The first-order valence-corrected chi connectivity index (χ1v) is 12.3. The lowest BCUT2D eigenvalue weighted by Gasteiger charge is -2.34. The molecule has 0 radical (unpaired) electrons. The van der Waals surface area contributed by atoms with Crippen molar-refractivity contribution in [3.05, 3.63) is 77.4 Å². The average Bonchev–Trinajstić information content (AvgIpc) is 2.88. The van der Waals surface area contributed by atoms with Crippen molar-refractivity contribution in [1.29, 1.82) is 0 Å². The molecule has 1 N–H and O–H groups in total. The van der Waals surface area contributed by atoms with Crippen molar-refractivity contribution < 1.29 is 14.3 Å². The van der Waals surface area contributed by atoms with Gasteiger partial charge in [0, 0.05) is 44.7 Å². The molecule has 2 fully saturated rings. The van der Waals surface area contributed by atoms with E-state index in [-0.39, 0.29) is 23.8 Å². The molecule has 0 aromatic heterocycles. The van der Waals surface area contributed by atoms with Crippen LogP contribution in [0.3, 0.4) is 0 Å². The quantitative estimate of drug-likeness (QED) is 0.642. The van der Waals surface area contributed by atoms with Crippen LogP contribution in [0.25, 0.3) is 6.08 Å². The lowest BCUT2D eigenvalue weighted by molar-refractivity contribution is -0.132. The van der Waals surface area contributed by atoms with Gasteiger partial charge < -0.3 is 15.0 Å². The predicted octanol–water partition coefficient (Wildman–Crippen LogP) is 3.44. The summed E-state index contributed by atoms with van der Waals surface area (Å²) >= 11 is 0. The van der Waals surface area contributed by atoms with Gasteiger partial charge in [-0.05, 0) is 37.0 Å². The fourth-order valence-electron chi connectivity index (χ4n) is 4.56. The lowest BCUT2D eigenvalue weighted by atomic mass is 9.94. The molecule has 2 aliphatic rings. The number of amides is 2. The number of rotatable bonds is 7. The van der Waals surface area contributed by atoms with Gasteiger partial charge in [-0.25, -0.2) is 0 Å². The van der Waals surface area contributed by atoms with Crippen molar-refractivity contribution in [1.82, 2.24) is 15.1 Å². The number of benzene rings is 2. The Hall–Kier alpha value is -2.96. The van der Waals surface area contributed by atoms with Crippen LogP contribution in [0.1, 0.15) is 35.6 Å². The lowest BCUT2D eigenvalue weighted by Crippen LogP contribution is -2.46. The van der Waals surface area contributed by atoms with Gasteiger partial charge in [0.05, 0.1) is 19.3 Å². The van der Waals surface area contributed by atoms with Gasteiger partial charge >= 0.3 is 0 Å². The molecule has 180 valence electrons. The molecule has 2 amide bonds. The van der Waals surface area contributed by atoms with E-state index in [1.807, 2.05) is 41.3 Å². The second kappa shape index (κ2) is 12.0. The summed E-state index contributed by atoms with van der Waals surface area (Å²) < 4.78 is 5.48. The summed E-state index contributed by atoms with van der Waals surface area (Å²) in [5.74, 6) is 0.0260. The minimum Gasteiger partial charge on any atom is -0.379 e. The standard InChI is InChI=1S/C28H35N3O3/c1-22-7-10-24(11-8-22)26(21-30-17-19-34-20-18-30)29-28(33)25-13-15-31(16-14-25)27(32)12-9-23-5-3-2-4-6-23/h2-12,25-26H,13-21H2,1H3,(H,29,33). The summed E-state index contributed by atoms with van der Waals surface area (Å²) in [6, 6.07) is 18.2. The molecule has 6 nitrogen and oxygen atoms in total. The molecule has 2 aromatic rings. The Bertz CT molecular complexity index is 960. The van der Waals surface area contributed by atoms with Crippen LogP contribution in [0.4, 0.5) is 0 Å². The van der Waals surface area contributed by atoms with Gasteiger partial charge in [-0.15, -0.1) is 0 Å². The van der Waals surface area contributed by atoms with E-state index in [2.05, 4.69) is 41.4 Å². The van der Waals surface area contributed by atoms with Gasteiger partial charge in [-0.3, -0.25) is 14.5 Å². The molecule has 1 unspecified atom stereocenters. The maximum Gasteiger partial charge on any atom is 0.246 e. The molecule has 1 atom stereocenters. The topological polar surface area (TPSA) is 61.9 Å². The number of carbonyl (C=O) groups is 2. The van der Waals surface area contributed by atoms with E-state index < -0.39 is 0 Å². The number of morpholine rings is 1. The summed E-state index contributed by atoms with van der Waals surface area (Å²) in [5, 5.41) is 3.32. The van der Waals surface area contributed by atoms with E-state index in [1.54, 1.807) is 6.08 Å². The van der Waals surface area contributed by atoms with E-state index >= 15 is 0 Å². The second-order valence-electron chi connectivity index (χ2n) is 9.23. The predicted molar refractivity (Wildman–Crippen MR) is 134 cm³/mol. The fraction of sp³-hybridized carbons (Fsp3) is 0.429. The molecule has 2 aromatic carbocycles. The maximum atomic E-state index is 13.2. The number of hydrogen-bond acceptors (Lipinski definition) is 4. The first-order valence-electron chi connectivity index (χ1n) is 12.3. The van der Waals surface area contributed by atoms with Crippen LogP contribution in [0, 0.1) is 12.8 Å². The van der Waals surface area contributed by atoms with Crippen molar-refractivity contribution >= 4 is 17.9 Å². The molecular weight excluding hydrogens is 426 g/mol. The smallest absolute Gasteiger partial charge is 0.246 e. The van der Waals surface area contributed by atoms with E-state index in [0.717, 1.165) is 44.0 Å². The highest BCUT2D eigenvalue weighted by Gasteiger charge is 2.29. The van der Waals surface area contributed by atoms with Crippen molar-refractivity contribution in [2.45, 2.75) is 25.8 Å². The van der Waals surface area contributed by atoms with Gasteiger partial charge in [-0.1, -0.05) is 60.2 Å². The zero-order chi connectivity index (χ0) is 23.8. The molecule has 2 aliphatic heterocycles. The second-order valence-corrected chi connectivity index (χ2v) is 9.23. The monoisotopic (exact) mass is 461 g/mol. The van der Waals surface area contributed by atoms with Crippen LogP contribution < -0.4 is 5.32 Å². The highest BCUT2D eigenvalue weighted by molar-refractivity contribution is 5.92. The summed E-state index contributed by atoms with van der Waals surface area (Å²) in [6.45, 7) is 7.30. The normalized spacial score (nSPS) is 18.7. The van der Waals surface area contributed by atoms with E-state index in [0.29, 0.717) is 25.9 Å². The molecule has 0 spiro atoms. The third-order valence-corrected chi connectivity index (χ3v) is 6.74. The summed E-state index contributed by atoms with van der Waals surface area (Å²) in [7, 11) is 0. The third-order valence-electron chi connectivity index (χ3n) is 6.74. The number of ether oxygens (including phenoxy) is 1.